The van der Waals surface area contributed by atoms with Crippen LogP contribution in [-0.2, 0) is 0 Å². The van der Waals surface area contributed by atoms with Gasteiger partial charge >= 0.3 is 0 Å². The molecule has 2 aromatic rings. The molecule has 0 unspecified atom stereocenters. The van der Waals surface area contributed by atoms with Crippen LogP contribution in [0.2, 0.25) is 0 Å². The molecule has 1 aliphatic heterocycles. The molecule has 1 aromatic heterocycles. The van der Waals surface area contributed by atoms with E-state index in [2.05, 4.69) is 14.9 Å². The van der Waals surface area contributed by atoms with E-state index in [4.69, 9.17) is 15.9 Å². The first-order chi connectivity index (χ1) is 12.9. The summed E-state index contributed by atoms with van der Waals surface area (Å²) in [6, 6.07) is 4.48. The van der Waals surface area contributed by atoms with Gasteiger partial charge in [-0.05, 0) is 26.3 Å². The largest absolute Gasteiger partial charge is 0.488 e. The van der Waals surface area contributed by atoms with Crippen LogP contribution < -0.4 is 20.8 Å². The molecule has 3 rings (SSSR count). The number of benzene rings is 1. The number of aromatic nitrogens is 2. The maximum Gasteiger partial charge on any atom is 0.232 e. The Kier molecular flexibility index (Phi) is 5.55. The van der Waals surface area contributed by atoms with Gasteiger partial charge in [0.25, 0.3) is 0 Å². The van der Waals surface area contributed by atoms with Crippen molar-refractivity contribution in [2.75, 3.05) is 30.3 Å². The van der Waals surface area contributed by atoms with Crippen LogP contribution in [-0.4, -0.2) is 46.6 Å². The highest BCUT2D eigenvalue weighted by Crippen LogP contribution is 2.27. The standard InChI is InChI=1S/C19H24FN5O2/c1-11(2)27-17-5-13(15(21)6-14(17)20)19(22)16-7-18(24-10-23-16)25-4-3-12(8-25)9-26/h5-7,10-12,22,26H,3-4,8-9,21H2,1-2H3/p+1/t12-/m1/s1. The van der Waals surface area contributed by atoms with Crippen LogP contribution in [0.5, 0.6) is 5.75 Å². The van der Waals surface area contributed by atoms with E-state index in [1.807, 2.05) is 13.8 Å². The number of aliphatic hydroxyl groups excluding tert-OH is 1. The van der Waals surface area contributed by atoms with Gasteiger partial charge in [0, 0.05) is 43.4 Å². The highest BCUT2D eigenvalue weighted by Gasteiger charge is 2.25. The number of aliphatic hydroxyl groups is 1. The summed E-state index contributed by atoms with van der Waals surface area (Å²) in [4.78, 5) is 10.6. The Bertz CT molecular complexity index is 843. The highest BCUT2D eigenvalue weighted by atomic mass is 19.1. The van der Waals surface area contributed by atoms with Gasteiger partial charge in [0.15, 0.2) is 11.6 Å². The summed E-state index contributed by atoms with van der Waals surface area (Å²) >= 11 is 0. The molecule has 1 fully saturated rings. The molecule has 2 heterocycles. The molecule has 1 saturated heterocycles. The molecule has 5 N–H and O–H groups in total. The fourth-order valence-electron chi connectivity index (χ4n) is 3.14. The van der Waals surface area contributed by atoms with Gasteiger partial charge in [0.2, 0.25) is 5.71 Å². The van der Waals surface area contributed by atoms with Gasteiger partial charge in [-0.1, -0.05) is 0 Å². The normalized spacial score (nSPS) is 16.8. The lowest BCUT2D eigenvalue weighted by molar-refractivity contribution is -0.111. The van der Waals surface area contributed by atoms with Crippen molar-refractivity contribution in [3.8, 4) is 5.75 Å². The number of halogens is 1. The first kappa shape index (κ1) is 19.0. The topological polar surface area (TPSA) is 110 Å². The minimum Gasteiger partial charge on any atom is -0.488 e. The molecule has 0 radical (unpaired) electrons. The molecule has 0 aliphatic carbocycles. The van der Waals surface area contributed by atoms with Crippen molar-refractivity contribution in [2.45, 2.75) is 26.4 Å². The number of nitrogens with zero attached hydrogens (tertiary/aromatic N) is 3. The van der Waals surface area contributed by atoms with E-state index < -0.39 is 5.82 Å². The highest BCUT2D eigenvalue weighted by molar-refractivity contribution is 6.11. The lowest BCUT2D eigenvalue weighted by atomic mass is 10.0. The molecule has 144 valence electrons. The molecule has 27 heavy (non-hydrogen) atoms. The van der Waals surface area contributed by atoms with Crippen LogP contribution in [0.25, 0.3) is 0 Å². The number of rotatable bonds is 6. The molecule has 1 atom stereocenters. The van der Waals surface area contributed by atoms with E-state index in [0.717, 1.165) is 25.3 Å². The average molecular weight is 374 g/mol. The number of nitrogens with two attached hydrogens (primary N) is 2. The Labute approximate surface area is 157 Å². The SMILES string of the molecule is CC(C)Oc1cc(C(=[NH2+])c2cc(N3CC[C@@H](CO)C3)ncn2)c(N)cc1F. The summed E-state index contributed by atoms with van der Waals surface area (Å²) in [5.74, 6) is 0.538. The first-order valence-corrected chi connectivity index (χ1v) is 8.95. The minimum atomic E-state index is -0.534. The molecular formula is C19H25FN5O2+. The third-order valence-electron chi connectivity index (χ3n) is 4.55. The van der Waals surface area contributed by atoms with E-state index in [1.165, 1.54) is 18.5 Å². The van der Waals surface area contributed by atoms with Crippen molar-refractivity contribution >= 4 is 17.2 Å². The number of hydrogen-bond donors (Lipinski definition) is 3. The average Bonchev–Trinajstić information content (AvgIpc) is 3.12. The van der Waals surface area contributed by atoms with Crippen LogP contribution in [0.4, 0.5) is 15.9 Å². The maximum absolute atomic E-state index is 14.1. The van der Waals surface area contributed by atoms with Gasteiger partial charge in [0.1, 0.15) is 17.8 Å². The number of nitrogen functional groups attached to an aromatic ring is 1. The smallest absolute Gasteiger partial charge is 0.232 e. The lowest BCUT2D eigenvalue weighted by Crippen LogP contribution is -2.42. The maximum atomic E-state index is 14.1. The van der Waals surface area contributed by atoms with E-state index >= 15 is 0 Å². The van der Waals surface area contributed by atoms with Crippen LogP contribution in [0.15, 0.2) is 24.5 Å². The molecule has 1 aliphatic rings. The second-order valence-electron chi connectivity index (χ2n) is 6.99. The predicted molar refractivity (Wildman–Crippen MR) is 101 cm³/mol. The monoisotopic (exact) mass is 374 g/mol. The Hall–Kier alpha value is -2.74. The van der Waals surface area contributed by atoms with Crippen molar-refractivity contribution in [3.05, 3.63) is 41.6 Å². The van der Waals surface area contributed by atoms with Crippen molar-refractivity contribution < 1.29 is 19.6 Å². The Balaban J connectivity index is 1.89. The molecule has 1 aromatic carbocycles. The third kappa shape index (κ3) is 4.16. The summed E-state index contributed by atoms with van der Waals surface area (Å²) in [7, 11) is 0. The second kappa shape index (κ2) is 7.87. The first-order valence-electron chi connectivity index (χ1n) is 8.95. The molecular weight excluding hydrogens is 349 g/mol. The van der Waals surface area contributed by atoms with Gasteiger partial charge in [0.05, 0.1) is 11.7 Å². The summed E-state index contributed by atoms with van der Waals surface area (Å²) in [6.07, 6.45) is 2.17. The van der Waals surface area contributed by atoms with E-state index in [9.17, 15) is 9.50 Å². The summed E-state index contributed by atoms with van der Waals surface area (Å²) < 4.78 is 19.6. The number of ether oxygens (including phenoxy) is 1. The van der Waals surface area contributed by atoms with Crippen LogP contribution in [0.1, 0.15) is 31.5 Å². The van der Waals surface area contributed by atoms with Crippen LogP contribution in [0.3, 0.4) is 0 Å². The van der Waals surface area contributed by atoms with Gasteiger partial charge in [-0.15, -0.1) is 0 Å². The number of hydrogen-bond acceptors (Lipinski definition) is 6. The molecule has 7 nitrogen and oxygen atoms in total. The van der Waals surface area contributed by atoms with Crippen LogP contribution in [0, 0.1) is 11.7 Å². The molecule has 8 heteroatoms. The Morgan fingerprint density at radius 1 is 1.41 bits per heavy atom. The summed E-state index contributed by atoms with van der Waals surface area (Å²) in [6.45, 7) is 5.34. The van der Waals surface area contributed by atoms with Gasteiger partial charge in [-0.25, -0.2) is 14.4 Å². The van der Waals surface area contributed by atoms with E-state index in [-0.39, 0.29) is 30.1 Å². The zero-order valence-corrected chi connectivity index (χ0v) is 15.5. The Morgan fingerprint density at radius 3 is 2.85 bits per heavy atom. The molecule has 0 saturated carbocycles. The summed E-state index contributed by atoms with van der Waals surface area (Å²) in [5, 5.41) is 15.6. The minimum absolute atomic E-state index is 0.0942. The predicted octanol–water partition coefficient (Wildman–Crippen LogP) is 0.400. The van der Waals surface area contributed by atoms with Crippen molar-refractivity contribution in [1.82, 2.24) is 9.97 Å². The fourth-order valence-corrected chi connectivity index (χ4v) is 3.14. The number of anilines is 2. The zero-order chi connectivity index (χ0) is 19.6. The third-order valence-corrected chi connectivity index (χ3v) is 4.55. The van der Waals surface area contributed by atoms with E-state index in [1.54, 1.807) is 6.07 Å². The van der Waals surface area contributed by atoms with Gasteiger partial charge < -0.3 is 20.5 Å². The van der Waals surface area contributed by atoms with Crippen molar-refractivity contribution in [3.63, 3.8) is 0 Å². The van der Waals surface area contributed by atoms with Crippen LogP contribution >= 0.6 is 0 Å². The van der Waals surface area contributed by atoms with Crippen molar-refractivity contribution in [1.29, 1.82) is 0 Å². The summed E-state index contributed by atoms with van der Waals surface area (Å²) in [5.41, 5.74) is 7.48. The Morgan fingerprint density at radius 2 is 2.19 bits per heavy atom. The molecule has 0 spiro atoms. The van der Waals surface area contributed by atoms with Crippen molar-refractivity contribution in [2.24, 2.45) is 5.92 Å². The van der Waals surface area contributed by atoms with Gasteiger partial charge in [-0.2, -0.15) is 0 Å². The quantitative estimate of drug-likeness (QED) is 0.499. The second-order valence-corrected chi connectivity index (χ2v) is 6.99. The van der Waals surface area contributed by atoms with Gasteiger partial charge in [-0.3, -0.25) is 5.41 Å². The fraction of sp³-hybridized carbons (Fsp3) is 0.421. The lowest BCUT2D eigenvalue weighted by Gasteiger charge is -2.17. The molecule has 0 amide bonds. The zero-order valence-electron chi connectivity index (χ0n) is 15.5. The van der Waals surface area contributed by atoms with E-state index in [0.29, 0.717) is 17.0 Å². The molecule has 0 bridgehead atoms.